The summed E-state index contributed by atoms with van der Waals surface area (Å²) < 4.78 is 16.7. The fourth-order valence-corrected chi connectivity index (χ4v) is 3.15. The molecule has 2 amide bonds. The summed E-state index contributed by atoms with van der Waals surface area (Å²) in [5.74, 6) is 0.567. The average Bonchev–Trinajstić information content (AvgIpc) is 2.58. The van der Waals surface area contributed by atoms with Crippen molar-refractivity contribution in [2.24, 2.45) is 0 Å². The number of rotatable bonds is 6. The minimum absolute atomic E-state index is 0.332. The first-order valence-corrected chi connectivity index (χ1v) is 8.59. The molecule has 0 saturated carbocycles. The number of amides is 2. The first-order chi connectivity index (χ1) is 11.9. The van der Waals surface area contributed by atoms with Crippen molar-refractivity contribution >= 4 is 27.9 Å². The second-order valence-electron chi connectivity index (χ2n) is 5.44. The Morgan fingerprint density at radius 1 is 1.32 bits per heavy atom. The Morgan fingerprint density at radius 3 is 2.64 bits per heavy atom. The summed E-state index contributed by atoms with van der Waals surface area (Å²) in [6.45, 7) is 4.21. The molecule has 0 aliphatic carbocycles. The molecular weight excluding hydrogens is 392 g/mol. The van der Waals surface area contributed by atoms with Crippen molar-refractivity contribution in [2.75, 3.05) is 20.8 Å². The Morgan fingerprint density at radius 2 is 2.04 bits per heavy atom. The standard InChI is InChI=1S/C17H21BrN2O5/c1-5-6-25-15-11(18)7-10(8-12(15)23-3)14-13(16(21)24-4)9(2)19-17(22)20-14/h7-8,14H,5-6H2,1-4H3,(H2,19,20,22)/t14-/m1/s1. The molecule has 7 nitrogen and oxygen atoms in total. The molecule has 1 aromatic carbocycles. The number of urea groups is 1. The van der Waals surface area contributed by atoms with Gasteiger partial charge in [-0.25, -0.2) is 9.59 Å². The van der Waals surface area contributed by atoms with Crippen LogP contribution in [0.15, 0.2) is 27.9 Å². The highest BCUT2D eigenvalue weighted by atomic mass is 79.9. The van der Waals surface area contributed by atoms with Crippen LogP contribution in [0, 0.1) is 0 Å². The van der Waals surface area contributed by atoms with Gasteiger partial charge in [0.25, 0.3) is 0 Å². The van der Waals surface area contributed by atoms with Gasteiger partial charge in [0.2, 0.25) is 0 Å². The van der Waals surface area contributed by atoms with E-state index < -0.39 is 18.0 Å². The molecule has 2 N–H and O–H groups in total. The summed E-state index contributed by atoms with van der Waals surface area (Å²) in [6.07, 6.45) is 0.857. The smallest absolute Gasteiger partial charge is 0.337 e. The maximum Gasteiger partial charge on any atom is 0.337 e. The normalized spacial score (nSPS) is 16.8. The lowest BCUT2D eigenvalue weighted by molar-refractivity contribution is -0.136. The molecule has 1 aliphatic heterocycles. The zero-order chi connectivity index (χ0) is 18.6. The van der Waals surface area contributed by atoms with Gasteiger partial charge in [0.1, 0.15) is 0 Å². The summed E-state index contributed by atoms with van der Waals surface area (Å²) >= 11 is 3.47. The second kappa shape index (κ2) is 8.24. The van der Waals surface area contributed by atoms with Gasteiger partial charge < -0.3 is 24.8 Å². The van der Waals surface area contributed by atoms with Crippen LogP contribution < -0.4 is 20.1 Å². The summed E-state index contributed by atoms with van der Waals surface area (Å²) in [5.41, 5.74) is 1.45. The number of allylic oxidation sites excluding steroid dienone is 1. The largest absolute Gasteiger partial charge is 0.493 e. The Bertz CT molecular complexity index is 717. The average molecular weight is 413 g/mol. The number of halogens is 1. The van der Waals surface area contributed by atoms with Crippen molar-refractivity contribution in [3.63, 3.8) is 0 Å². The molecule has 0 bridgehead atoms. The molecule has 1 atom stereocenters. The summed E-state index contributed by atoms with van der Waals surface area (Å²) in [6, 6.07) is 2.48. The minimum atomic E-state index is -0.661. The topological polar surface area (TPSA) is 85.9 Å². The molecule has 0 aromatic heterocycles. The van der Waals surface area contributed by atoms with Gasteiger partial charge in [-0.3, -0.25) is 0 Å². The number of hydrogen-bond donors (Lipinski definition) is 2. The summed E-state index contributed by atoms with van der Waals surface area (Å²) in [7, 11) is 2.84. The molecule has 0 unspecified atom stereocenters. The third-order valence-corrected chi connectivity index (χ3v) is 4.30. The molecule has 2 rings (SSSR count). The Hall–Kier alpha value is -2.22. The van der Waals surface area contributed by atoms with Crippen LogP contribution in [0.2, 0.25) is 0 Å². The molecule has 0 fully saturated rings. The Balaban J connectivity index is 2.51. The number of benzene rings is 1. The first kappa shape index (κ1) is 19.1. The van der Waals surface area contributed by atoms with Gasteiger partial charge in [-0.05, 0) is 47.0 Å². The summed E-state index contributed by atoms with van der Waals surface area (Å²) in [4.78, 5) is 24.1. The maximum absolute atomic E-state index is 12.2. The second-order valence-corrected chi connectivity index (χ2v) is 6.30. The molecule has 0 spiro atoms. The van der Waals surface area contributed by atoms with E-state index in [1.54, 1.807) is 19.1 Å². The predicted octanol–water partition coefficient (Wildman–Crippen LogP) is 3.05. The van der Waals surface area contributed by atoms with Gasteiger partial charge in [0.05, 0.1) is 36.9 Å². The number of esters is 1. The van der Waals surface area contributed by atoms with E-state index in [-0.39, 0.29) is 0 Å². The highest BCUT2D eigenvalue weighted by molar-refractivity contribution is 9.10. The van der Waals surface area contributed by atoms with Crippen LogP contribution in [0.25, 0.3) is 0 Å². The Labute approximate surface area is 154 Å². The van der Waals surface area contributed by atoms with Crippen molar-refractivity contribution in [3.05, 3.63) is 33.4 Å². The third kappa shape index (κ3) is 4.07. The molecule has 136 valence electrons. The lowest BCUT2D eigenvalue weighted by Gasteiger charge is -2.28. The molecule has 1 aromatic rings. The van der Waals surface area contributed by atoms with Crippen molar-refractivity contribution in [3.8, 4) is 11.5 Å². The van der Waals surface area contributed by atoms with Gasteiger partial charge in [-0.1, -0.05) is 6.92 Å². The van der Waals surface area contributed by atoms with E-state index in [1.165, 1.54) is 14.2 Å². The molecule has 0 saturated heterocycles. The number of methoxy groups -OCH3 is 2. The predicted molar refractivity (Wildman–Crippen MR) is 95.6 cm³/mol. The van der Waals surface area contributed by atoms with E-state index in [2.05, 4.69) is 26.6 Å². The van der Waals surface area contributed by atoms with Gasteiger partial charge in [0.15, 0.2) is 11.5 Å². The number of carbonyl (C=O) groups excluding carboxylic acids is 2. The fraction of sp³-hybridized carbons (Fsp3) is 0.412. The fourth-order valence-electron chi connectivity index (χ4n) is 2.58. The van der Waals surface area contributed by atoms with Gasteiger partial charge in [-0.2, -0.15) is 0 Å². The number of nitrogens with one attached hydrogen (secondary N) is 2. The van der Waals surface area contributed by atoms with Gasteiger partial charge in [0, 0.05) is 5.70 Å². The highest BCUT2D eigenvalue weighted by Gasteiger charge is 2.32. The third-order valence-electron chi connectivity index (χ3n) is 3.71. The van der Waals surface area contributed by atoms with Crippen molar-refractivity contribution in [2.45, 2.75) is 26.3 Å². The molecule has 0 radical (unpaired) electrons. The first-order valence-electron chi connectivity index (χ1n) is 7.79. The maximum atomic E-state index is 12.2. The Kier molecular flexibility index (Phi) is 6.30. The molecule has 1 aliphatic rings. The van der Waals surface area contributed by atoms with Crippen LogP contribution in [-0.2, 0) is 9.53 Å². The van der Waals surface area contributed by atoms with Gasteiger partial charge >= 0.3 is 12.0 Å². The summed E-state index contributed by atoms with van der Waals surface area (Å²) in [5, 5.41) is 5.33. The molecule has 25 heavy (non-hydrogen) atoms. The van der Waals surface area contributed by atoms with Crippen molar-refractivity contribution < 1.29 is 23.8 Å². The monoisotopic (exact) mass is 412 g/mol. The van der Waals surface area contributed by atoms with Crippen LogP contribution in [0.4, 0.5) is 4.79 Å². The van der Waals surface area contributed by atoms with Crippen molar-refractivity contribution in [1.29, 1.82) is 0 Å². The minimum Gasteiger partial charge on any atom is -0.493 e. The molecular formula is C17H21BrN2O5. The van der Waals surface area contributed by atoms with Crippen LogP contribution in [-0.4, -0.2) is 32.8 Å². The van der Waals surface area contributed by atoms with Crippen LogP contribution in [0.5, 0.6) is 11.5 Å². The van der Waals surface area contributed by atoms with Crippen LogP contribution in [0.3, 0.4) is 0 Å². The number of carbonyl (C=O) groups is 2. The SMILES string of the molecule is CCCOc1c(Br)cc([C@H]2NC(=O)NC(C)=C2C(=O)OC)cc1OC. The van der Waals surface area contributed by atoms with E-state index in [0.717, 1.165) is 6.42 Å². The molecule has 1 heterocycles. The van der Waals surface area contributed by atoms with Gasteiger partial charge in [-0.15, -0.1) is 0 Å². The highest BCUT2D eigenvalue weighted by Crippen LogP contribution is 2.40. The van der Waals surface area contributed by atoms with Crippen LogP contribution >= 0.6 is 15.9 Å². The number of hydrogen-bond acceptors (Lipinski definition) is 5. The van der Waals surface area contributed by atoms with E-state index in [9.17, 15) is 9.59 Å². The quantitative estimate of drug-likeness (QED) is 0.701. The van der Waals surface area contributed by atoms with E-state index in [1.807, 2.05) is 6.92 Å². The molecule has 8 heteroatoms. The van der Waals surface area contributed by atoms with E-state index >= 15 is 0 Å². The zero-order valence-corrected chi connectivity index (χ0v) is 16.2. The van der Waals surface area contributed by atoms with Crippen LogP contribution in [0.1, 0.15) is 31.9 Å². The lowest BCUT2D eigenvalue weighted by Crippen LogP contribution is -2.45. The van der Waals surface area contributed by atoms with Crippen molar-refractivity contribution in [1.82, 2.24) is 10.6 Å². The lowest BCUT2D eigenvalue weighted by atomic mass is 9.95. The zero-order valence-electron chi connectivity index (χ0n) is 14.6. The van der Waals surface area contributed by atoms with E-state index in [4.69, 9.17) is 14.2 Å². The van der Waals surface area contributed by atoms with E-state index in [0.29, 0.717) is 39.4 Å². The number of ether oxygens (including phenoxy) is 3.